The van der Waals surface area contributed by atoms with E-state index >= 15 is 0 Å². The lowest BCUT2D eigenvalue weighted by Gasteiger charge is -2.07. The number of imidazole rings is 1. The van der Waals surface area contributed by atoms with E-state index in [0.29, 0.717) is 10.4 Å². The largest absolute Gasteiger partial charge is 0.329 e. The molecule has 0 spiro atoms. The smallest absolute Gasteiger partial charge is 0.179 e. The minimum Gasteiger partial charge on any atom is -0.329 e. The number of halogens is 2. The maximum Gasteiger partial charge on any atom is 0.179 e. The maximum absolute atomic E-state index is 13.7. The molecule has 0 aliphatic rings. The number of hydrogen-bond donors (Lipinski definition) is 1. The fourth-order valence-electron chi connectivity index (χ4n) is 2.16. The van der Waals surface area contributed by atoms with E-state index in [-0.39, 0.29) is 12.1 Å². The van der Waals surface area contributed by atoms with Crippen LogP contribution in [-0.4, -0.2) is 14.5 Å². The van der Waals surface area contributed by atoms with Crippen molar-refractivity contribution in [1.29, 1.82) is 0 Å². The lowest BCUT2D eigenvalue weighted by atomic mass is 10.2. The van der Waals surface area contributed by atoms with Gasteiger partial charge in [0, 0.05) is 11.8 Å². The summed E-state index contributed by atoms with van der Waals surface area (Å²) < 4.78 is 29.5. The minimum absolute atomic E-state index is 0.00773. The number of fused-ring (bicyclic) bond motifs is 1. The van der Waals surface area contributed by atoms with Gasteiger partial charge >= 0.3 is 0 Å². The highest BCUT2D eigenvalue weighted by Gasteiger charge is 2.13. The lowest BCUT2D eigenvalue weighted by Crippen LogP contribution is -2.05. The van der Waals surface area contributed by atoms with Crippen molar-refractivity contribution in [3.63, 3.8) is 0 Å². The number of nitrogens with one attached hydrogen (secondary N) is 1. The molecule has 20 heavy (non-hydrogen) atoms. The second-order valence-corrected chi connectivity index (χ2v) is 4.93. The highest BCUT2D eigenvalue weighted by molar-refractivity contribution is 7.71. The molecule has 1 aromatic carbocycles. The van der Waals surface area contributed by atoms with Crippen molar-refractivity contribution < 1.29 is 8.78 Å². The summed E-state index contributed by atoms with van der Waals surface area (Å²) in [6.07, 6.45) is 1.65. The van der Waals surface area contributed by atoms with E-state index in [1.807, 2.05) is 13.0 Å². The molecule has 2 aromatic heterocycles. The Morgan fingerprint density at radius 3 is 2.65 bits per heavy atom. The molecule has 1 N–H and O–H groups in total. The van der Waals surface area contributed by atoms with Gasteiger partial charge in [-0.25, -0.2) is 13.8 Å². The highest BCUT2D eigenvalue weighted by atomic mass is 32.1. The van der Waals surface area contributed by atoms with Gasteiger partial charge < -0.3 is 4.98 Å². The average molecular weight is 291 g/mol. The van der Waals surface area contributed by atoms with Gasteiger partial charge in [0.2, 0.25) is 0 Å². The summed E-state index contributed by atoms with van der Waals surface area (Å²) in [7, 11) is 0. The lowest BCUT2D eigenvalue weighted by molar-refractivity contribution is 0.545. The van der Waals surface area contributed by atoms with Crippen LogP contribution in [0.4, 0.5) is 8.78 Å². The van der Waals surface area contributed by atoms with Crippen molar-refractivity contribution in [2.24, 2.45) is 0 Å². The maximum atomic E-state index is 13.7. The van der Waals surface area contributed by atoms with Crippen molar-refractivity contribution in [1.82, 2.24) is 14.5 Å². The van der Waals surface area contributed by atoms with E-state index < -0.39 is 11.6 Å². The van der Waals surface area contributed by atoms with Crippen LogP contribution >= 0.6 is 12.2 Å². The molecule has 0 aliphatic heterocycles. The standard InChI is InChI=1S/C14H11F2N3S/c1-8-5-6-17-13-12(8)18-14(20)19(13)7-9-10(15)3-2-4-11(9)16/h2-6H,7H2,1H3,(H,18,20). The number of hydrogen-bond acceptors (Lipinski definition) is 2. The van der Waals surface area contributed by atoms with Gasteiger partial charge in [0.25, 0.3) is 0 Å². The first kappa shape index (κ1) is 12.9. The summed E-state index contributed by atoms with van der Waals surface area (Å²) >= 11 is 5.22. The van der Waals surface area contributed by atoms with Crippen LogP contribution in [0.15, 0.2) is 30.5 Å². The number of pyridine rings is 1. The monoisotopic (exact) mass is 291 g/mol. The Kier molecular flexibility index (Phi) is 3.10. The van der Waals surface area contributed by atoms with Crippen molar-refractivity contribution in [3.8, 4) is 0 Å². The van der Waals surface area contributed by atoms with Gasteiger partial charge in [0.05, 0.1) is 12.1 Å². The van der Waals surface area contributed by atoms with Gasteiger partial charge in [-0.3, -0.25) is 4.57 Å². The molecule has 3 nitrogen and oxygen atoms in total. The topological polar surface area (TPSA) is 33.6 Å². The molecule has 0 aliphatic carbocycles. The van der Waals surface area contributed by atoms with Crippen LogP contribution in [0.3, 0.4) is 0 Å². The van der Waals surface area contributed by atoms with E-state index in [0.717, 1.165) is 11.1 Å². The first-order valence-electron chi connectivity index (χ1n) is 6.05. The summed E-state index contributed by atoms with van der Waals surface area (Å²) in [4.78, 5) is 7.26. The molecule has 0 unspecified atom stereocenters. The molecule has 0 atom stereocenters. The molecular formula is C14H11F2N3S. The van der Waals surface area contributed by atoms with E-state index in [1.165, 1.54) is 18.2 Å². The van der Waals surface area contributed by atoms with Gasteiger partial charge in [0.1, 0.15) is 11.6 Å². The van der Waals surface area contributed by atoms with Crippen molar-refractivity contribution in [2.45, 2.75) is 13.5 Å². The third-order valence-corrected chi connectivity index (χ3v) is 3.57. The van der Waals surface area contributed by atoms with E-state index in [2.05, 4.69) is 9.97 Å². The first-order chi connectivity index (χ1) is 9.58. The molecule has 0 saturated heterocycles. The molecule has 0 amide bonds. The Labute approximate surface area is 118 Å². The average Bonchev–Trinajstić information content (AvgIpc) is 2.72. The fraction of sp³-hybridized carbons (Fsp3) is 0.143. The third-order valence-electron chi connectivity index (χ3n) is 3.25. The second kappa shape index (κ2) is 4.79. The Morgan fingerprint density at radius 2 is 1.95 bits per heavy atom. The molecule has 2 heterocycles. The van der Waals surface area contributed by atoms with Crippen molar-refractivity contribution in [2.75, 3.05) is 0 Å². The molecule has 3 rings (SSSR count). The minimum atomic E-state index is -0.589. The number of H-pyrrole nitrogens is 1. The van der Waals surface area contributed by atoms with Crippen LogP contribution in [0.5, 0.6) is 0 Å². The Morgan fingerprint density at radius 1 is 1.25 bits per heavy atom. The zero-order chi connectivity index (χ0) is 14.3. The van der Waals surface area contributed by atoms with E-state index in [4.69, 9.17) is 12.2 Å². The molecule has 0 fully saturated rings. The zero-order valence-corrected chi connectivity index (χ0v) is 11.5. The third kappa shape index (κ3) is 2.02. The van der Waals surface area contributed by atoms with Gasteiger partial charge in [-0.2, -0.15) is 0 Å². The van der Waals surface area contributed by atoms with Crippen LogP contribution in [-0.2, 0) is 6.54 Å². The number of aromatic nitrogens is 3. The number of aromatic amines is 1. The summed E-state index contributed by atoms with van der Waals surface area (Å²) in [5.74, 6) is -1.18. The molecule has 6 heteroatoms. The molecule has 0 bridgehead atoms. The molecule has 102 valence electrons. The van der Waals surface area contributed by atoms with Crippen molar-refractivity contribution in [3.05, 3.63) is 58.0 Å². The Bertz CT molecular complexity index is 831. The quantitative estimate of drug-likeness (QED) is 0.730. The summed E-state index contributed by atoms with van der Waals surface area (Å²) in [5.41, 5.74) is 2.34. The number of rotatable bonds is 2. The van der Waals surface area contributed by atoms with Gasteiger partial charge in [-0.05, 0) is 42.9 Å². The van der Waals surface area contributed by atoms with Gasteiger partial charge in [-0.15, -0.1) is 0 Å². The van der Waals surface area contributed by atoms with Crippen LogP contribution < -0.4 is 0 Å². The number of nitrogens with zero attached hydrogens (tertiary/aromatic N) is 2. The predicted octanol–water partition coefficient (Wildman–Crippen LogP) is 3.73. The van der Waals surface area contributed by atoms with E-state index in [9.17, 15) is 8.78 Å². The summed E-state index contributed by atoms with van der Waals surface area (Å²) in [5, 5.41) is 0. The SMILES string of the molecule is Cc1ccnc2c1[nH]c(=S)n2Cc1c(F)cccc1F. The zero-order valence-electron chi connectivity index (χ0n) is 10.7. The fourth-order valence-corrected chi connectivity index (χ4v) is 2.41. The first-order valence-corrected chi connectivity index (χ1v) is 6.46. The highest BCUT2D eigenvalue weighted by Crippen LogP contribution is 2.19. The predicted molar refractivity (Wildman–Crippen MR) is 75.1 cm³/mol. The Hall–Kier alpha value is -2.08. The number of benzene rings is 1. The molecule has 0 radical (unpaired) electrons. The van der Waals surface area contributed by atoms with Crippen LogP contribution in [0, 0.1) is 23.3 Å². The Balaban J connectivity index is 2.19. The normalized spacial score (nSPS) is 11.2. The van der Waals surface area contributed by atoms with E-state index in [1.54, 1.807) is 10.8 Å². The molecule has 0 saturated carbocycles. The van der Waals surface area contributed by atoms with Gasteiger partial charge in [0.15, 0.2) is 10.4 Å². The number of aryl methyl sites for hydroxylation is 1. The molecular weight excluding hydrogens is 280 g/mol. The van der Waals surface area contributed by atoms with Crippen LogP contribution in [0.25, 0.3) is 11.2 Å². The molecule has 3 aromatic rings. The second-order valence-electron chi connectivity index (χ2n) is 4.54. The van der Waals surface area contributed by atoms with Crippen molar-refractivity contribution >= 4 is 23.4 Å². The summed E-state index contributed by atoms with van der Waals surface area (Å²) in [6, 6.07) is 5.65. The van der Waals surface area contributed by atoms with Crippen LogP contribution in [0.1, 0.15) is 11.1 Å². The van der Waals surface area contributed by atoms with Crippen LogP contribution in [0.2, 0.25) is 0 Å². The van der Waals surface area contributed by atoms with Gasteiger partial charge in [-0.1, -0.05) is 6.07 Å². The summed E-state index contributed by atoms with van der Waals surface area (Å²) in [6.45, 7) is 1.93.